The molecule has 2 aromatic rings. The second kappa shape index (κ2) is 8.29. The van der Waals surface area contributed by atoms with E-state index >= 15 is 0 Å². The van der Waals surface area contributed by atoms with Crippen molar-refractivity contribution in [3.8, 4) is 0 Å². The average Bonchev–Trinajstić information content (AvgIpc) is 2.53. The number of rotatable bonds is 7. The van der Waals surface area contributed by atoms with Crippen LogP contribution >= 0.6 is 0 Å². The van der Waals surface area contributed by atoms with E-state index in [4.69, 9.17) is 0 Å². The molecule has 5 nitrogen and oxygen atoms in total. The van der Waals surface area contributed by atoms with Crippen LogP contribution in [0.1, 0.15) is 11.1 Å². The minimum absolute atomic E-state index is 0.00974. The van der Waals surface area contributed by atoms with Crippen LogP contribution in [0.3, 0.4) is 0 Å². The van der Waals surface area contributed by atoms with Crippen molar-refractivity contribution in [3.63, 3.8) is 0 Å². The minimum atomic E-state index is 0.00974. The Morgan fingerprint density at radius 3 is 2.52 bits per heavy atom. The first kappa shape index (κ1) is 17.0. The first-order chi connectivity index (χ1) is 11.1. The van der Waals surface area contributed by atoms with Crippen molar-refractivity contribution in [3.05, 3.63) is 59.8 Å². The topological polar surface area (TPSA) is 48.5 Å². The zero-order valence-electron chi connectivity index (χ0n) is 14.0. The molecule has 0 radical (unpaired) electrons. The maximum Gasteiger partial charge on any atom is 0.234 e. The molecule has 0 aliphatic carbocycles. The summed E-state index contributed by atoms with van der Waals surface area (Å²) in [5.41, 5.74) is 2.24. The number of carbonyl (C=O) groups excluding carboxylic acids is 1. The first-order valence-corrected chi connectivity index (χ1v) is 7.66. The lowest BCUT2D eigenvalue weighted by Crippen LogP contribution is -2.33. The van der Waals surface area contributed by atoms with Gasteiger partial charge < -0.3 is 15.1 Å². The Morgan fingerprint density at radius 2 is 1.83 bits per heavy atom. The molecule has 0 bridgehead atoms. The molecule has 1 heterocycles. The fraction of sp³-hybridized carbons (Fsp3) is 0.333. The standard InChI is InChI=1S/C18H24N4O/c1-21(2)14-17(23)20-12-16-10-7-11-19-18(16)22(3)13-15-8-5-4-6-9-15/h4-11H,12-14H2,1-3H3,(H,20,23). The highest BCUT2D eigenvalue weighted by molar-refractivity contribution is 5.78. The number of carbonyl (C=O) groups is 1. The summed E-state index contributed by atoms with van der Waals surface area (Å²) in [5.74, 6) is 0.900. The van der Waals surface area contributed by atoms with Crippen molar-refractivity contribution in [2.75, 3.05) is 32.6 Å². The van der Waals surface area contributed by atoms with Gasteiger partial charge in [0.15, 0.2) is 0 Å². The summed E-state index contributed by atoms with van der Waals surface area (Å²) in [6.07, 6.45) is 1.78. The Kier molecular flexibility index (Phi) is 6.11. The number of aromatic nitrogens is 1. The van der Waals surface area contributed by atoms with Gasteiger partial charge in [-0.25, -0.2) is 4.98 Å². The molecule has 0 unspecified atom stereocenters. The molecule has 2 rings (SSSR count). The van der Waals surface area contributed by atoms with Crippen molar-refractivity contribution in [1.82, 2.24) is 15.2 Å². The Bertz CT molecular complexity index is 628. The molecule has 23 heavy (non-hydrogen) atoms. The molecule has 0 aliphatic rings. The van der Waals surface area contributed by atoms with Crippen LogP contribution in [0.5, 0.6) is 0 Å². The highest BCUT2D eigenvalue weighted by atomic mass is 16.1. The van der Waals surface area contributed by atoms with Crippen LogP contribution in [0, 0.1) is 0 Å². The van der Waals surface area contributed by atoms with Crippen LogP contribution in [0.2, 0.25) is 0 Å². The molecule has 1 N–H and O–H groups in total. The first-order valence-electron chi connectivity index (χ1n) is 7.66. The van der Waals surface area contributed by atoms with Gasteiger partial charge >= 0.3 is 0 Å². The van der Waals surface area contributed by atoms with Crippen LogP contribution in [0.25, 0.3) is 0 Å². The van der Waals surface area contributed by atoms with E-state index in [0.717, 1.165) is 17.9 Å². The molecule has 5 heteroatoms. The van der Waals surface area contributed by atoms with E-state index in [1.807, 2.05) is 56.4 Å². The van der Waals surface area contributed by atoms with Gasteiger partial charge in [-0.05, 0) is 25.7 Å². The highest BCUT2D eigenvalue weighted by Crippen LogP contribution is 2.17. The van der Waals surface area contributed by atoms with Gasteiger partial charge in [-0.3, -0.25) is 4.79 Å². The zero-order chi connectivity index (χ0) is 16.7. The van der Waals surface area contributed by atoms with Crippen molar-refractivity contribution < 1.29 is 4.79 Å². The molecule has 0 atom stereocenters. The number of pyridine rings is 1. The molecular formula is C18H24N4O. The lowest BCUT2D eigenvalue weighted by molar-refractivity contribution is -0.121. The molecule has 0 fully saturated rings. The van der Waals surface area contributed by atoms with Gasteiger partial charge in [-0.1, -0.05) is 36.4 Å². The Morgan fingerprint density at radius 1 is 1.09 bits per heavy atom. The summed E-state index contributed by atoms with van der Waals surface area (Å²) in [7, 11) is 5.77. The second-order valence-electron chi connectivity index (χ2n) is 5.84. The fourth-order valence-electron chi connectivity index (χ4n) is 2.38. The maximum absolute atomic E-state index is 11.8. The molecule has 0 aliphatic heterocycles. The summed E-state index contributed by atoms with van der Waals surface area (Å²) in [6, 6.07) is 14.2. The van der Waals surface area contributed by atoms with Gasteiger partial charge in [0.05, 0.1) is 6.54 Å². The molecular weight excluding hydrogens is 288 g/mol. The average molecular weight is 312 g/mol. The van der Waals surface area contributed by atoms with Crippen LogP contribution in [0.15, 0.2) is 48.7 Å². The molecule has 1 amide bonds. The predicted molar refractivity (Wildman–Crippen MR) is 93.2 cm³/mol. The highest BCUT2D eigenvalue weighted by Gasteiger charge is 2.10. The number of likely N-dealkylation sites (N-methyl/N-ethyl adjacent to an activating group) is 1. The quantitative estimate of drug-likeness (QED) is 0.848. The number of amides is 1. The van der Waals surface area contributed by atoms with E-state index in [9.17, 15) is 4.79 Å². The van der Waals surface area contributed by atoms with Gasteiger partial charge in [0, 0.05) is 31.9 Å². The number of anilines is 1. The monoisotopic (exact) mass is 312 g/mol. The number of hydrogen-bond donors (Lipinski definition) is 1. The third-order valence-electron chi connectivity index (χ3n) is 3.43. The van der Waals surface area contributed by atoms with Crippen molar-refractivity contribution >= 4 is 11.7 Å². The lowest BCUT2D eigenvalue weighted by Gasteiger charge is -2.21. The molecule has 122 valence electrons. The molecule has 0 saturated carbocycles. The summed E-state index contributed by atoms with van der Waals surface area (Å²) < 4.78 is 0. The van der Waals surface area contributed by atoms with Crippen molar-refractivity contribution in [1.29, 1.82) is 0 Å². The maximum atomic E-state index is 11.8. The van der Waals surface area contributed by atoms with E-state index in [-0.39, 0.29) is 5.91 Å². The third kappa shape index (κ3) is 5.38. The molecule has 1 aromatic heterocycles. The van der Waals surface area contributed by atoms with E-state index < -0.39 is 0 Å². The van der Waals surface area contributed by atoms with E-state index in [1.54, 1.807) is 6.20 Å². The largest absolute Gasteiger partial charge is 0.355 e. The van der Waals surface area contributed by atoms with E-state index in [2.05, 4.69) is 27.3 Å². The van der Waals surface area contributed by atoms with Crippen molar-refractivity contribution in [2.24, 2.45) is 0 Å². The fourth-order valence-corrected chi connectivity index (χ4v) is 2.38. The van der Waals surface area contributed by atoms with Gasteiger partial charge in [0.2, 0.25) is 5.91 Å². The Labute approximate surface area is 137 Å². The Balaban J connectivity index is 2.03. The SMILES string of the molecule is CN(C)CC(=O)NCc1cccnc1N(C)Cc1ccccc1. The van der Waals surface area contributed by atoms with E-state index in [1.165, 1.54) is 5.56 Å². The summed E-state index contributed by atoms with van der Waals surface area (Å²) in [6.45, 7) is 1.64. The van der Waals surface area contributed by atoms with Gasteiger partial charge in [0.25, 0.3) is 0 Å². The molecule has 0 saturated heterocycles. The summed E-state index contributed by atoms with van der Waals surface area (Å²) in [4.78, 5) is 20.2. The normalized spacial score (nSPS) is 10.6. The number of nitrogens with zero attached hydrogens (tertiary/aromatic N) is 3. The number of benzene rings is 1. The smallest absolute Gasteiger partial charge is 0.234 e. The van der Waals surface area contributed by atoms with Crippen LogP contribution in [-0.2, 0) is 17.9 Å². The predicted octanol–water partition coefficient (Wildman–Crippen LogP) is 1.90. The van der Waals surface area contributed by atoms with Crippen molar-refractivity contribution in [2.45, 2.75) is 13.1 Å². The minimum Gasteiger partial charge on any atom is -0.355 e. The molecule has 0 spiro atoms. The summed E-state index contributed by atoms with van der Waals surface area (Å²) in [5, 5.41) is 2.94. The van der Waals surface area contributed by atoms with Gasteiger partial charge in [0.1, 0.15) is 5.82 Å². The zero-order valence-corrected chi connectivity index (χ0v) is 14.0. The van der Waals surface area contributed by atoms with Crippen LogP contribution in [0.4, 0.5) is 5.82 Å². The Hall–Kier alpha value is -2.40. The summed E-state index contributed by atoms with van der Waals surface area (Å²) >= 11 is 0. The van der Waals surface area contributed by atoms with Crippen LogP contribution < -0.4 is 10.2 Å². The van der Waals surface area contributed by atoms with Gasteiger partial charge in [-0.15, -0.1) is 0 Å². The lowest BCUT2D eigenvalue weighted by atomic mass is 10.2. The second-order valence-corrected chi connectivity index (χ2v) is 5.84. The number of nitrogens with one attached hydrogen (secondary N) is 1. The third-order valence-corrected chi connectivity index (χ3v) is 3.43. The number of hydrogen-bond acceptors (Lipinski definition) is 4. The molecule has 1 aromatic carbocycles. The van der Waals surface area contributed by atoms with Crippen LogP contribution in [-0.4, -0.2) is 43.5 Å². The van der Waals surface area contributed by atoms with E-state index in [0.29, 0.717) is 13.1 Å². The van der Waals surface area contributed by atoms with Gasteiger partial charge in [-0.2, -0.15) is 0 Å².